The van der Waals surface area contributed by atoms with Gasteiger partial charge in [0.1, 0.15) is 22.5 Å². The molecule has 3 rings (SSSR count). The van der Waals surface area contributed by atoms with Gasteiger partial charge in [0.2, 0.25) is 5.91 Å². The summed E-state index contributed by atoms with van der Waals surface area (Å²) in [5, 5.41) is 1.69. The Hall–Kier alpha value is -3.26. The van der Waals surface area contributed by atoms with E-state index in [2.05, 4.69) is 5.32 Å². The Balaban J connectivity index is 1.67. The van der Waals surface area contributed by atoms with E-state index in [-0.39, 0.29) is 29.5 Å². The van der Waals surface area contributed by atoms with Gasteiger partial charge in [0.05, 0.1) is 25.4 Å². The highest BCUT2D eigenvalue weighted by Crippen LogP contribution is 2.30. The van der Waals surface area contributed by atoms with Gasteiger partial charge in [-0.15, -0.1) is 0 Å². The second kappa shape index (κ2) is 10.2. The van der Waals surface area contributed by atoms with Crippen LogP contribution in [0.15, 0.2) is 76.2 Å². The maximum atomic E-state index is 13.2. The van der Waals surface area contributed by atoms with Crippen molar-refractivity contribution in [2.75, 3.05) is 20.8 Å². The molecule has 0 spiro atoms. The van der Waals surface area contributed by atoms with E-state index >= 15 is 0 Å². The van der Waals surface area contributed by atoms with Crippen molar-refractivity contribution in [2.45, 2.75) is 23.0 Å². The summed E-state index contributed by atoms with van der Waals surface area (Å²) >= 11 is 0. The lowest BCUT2D eigenvalue weighted by molar-refractivity contribution is -0.121. The van der Waals surface area contributed by atoms with Crippen molar-refractivity contribution in [3.8, 4) is 11.5 Å². The maximum Gasteiger partial charge on any atom is 0.220 e. The van der Waals surface area contributed by atoms with E-state index in [1.54, 1.807) is 31.4 Å². The molecule has 31 heavy (non-hydrogen) atoms. The highest BCUT2D eigenvalue weighted by molar-refractivity contribution is 7.91. The van der Waals surface area contributed by atoms with Gasteiger partial charge in [-0.2, -0.15) is 0 Å². The molecule has 1 atom stereocenters. The van der Waals surface area contributed by atoms with Crippen LogP contribution in [-0.2, 0) is 21.1 Å². The lowest BCUT2D eigenvalue weighted by Crippen LogP contribution is -2.32. The fourth-order valence-electron chi connectivity index (χ4n) is 3.11. The minimum Gasteiger partial charge on any atom is -0.497 e. The van der Waals surface area contributed by atoms with Gasteiger partial charge in [0.15, 0.2) is 9.84 Å². The Morgan fingerprint density at radius 1 is 0.968 bits per heavy atom. The summed E-state index contributed by atoms with van der Waals surface area (Å²) < 4.78 is 42.0. The number of rotatable bonds is 10. The van der Waals surface area contributed by atoms with E-state index < -0.39 is 15.1 Å². The lowest BCUT2D eigenvalue weighted by Gasteiger charge is -2.17. The summed E-state index contributed by atoms with van der Waals surface area (Å²) in [6, 6.07) is 16.8. The molecule has 7 nitrogen and oxygen atoms in total. The smallest absolute Gasteiger partial charge is 0.220 e. The molecule has 1 unspecified atom stereocenters. The van der Waals surface area contributed by atoms with Gasteiger partial charge < -0.3 is 19.2 Å². The van der Waals surface area contributed by atoms with Crippen LogP contribution in [-0.4, -0.2) is 35.1 Å². The van der Waals surface area contributed by atoms with E-state index in [0.29, 0.717) is 12.2 Å². The molecule has 1 aromatic heterocycles. The minimum atomic E-state index is -3.80. The molecule has 0 saturated heterocycles. The molecular weight excluding hydrogens is 418 g/mol. The number of hydrogen-bond donors (Lipinski definition) is 1. The number of hydrogen-bond acceptors (Lipinski definition) is 6. The predicted molar refractivity (Wildman–Crippen MR) is 116 cm³/mol. The topological polar surface area (TPSA) is 94.8 Å². The van der Waals surface area contributed by atoms with Gasteiger partial charge in [0.25, 0.3) is 0 Å². The average Bonchev–Trinajstić information content (AvgIpc) is 3.32. The lowest BCUT2D eigenvalue weighted by atomic mass is 10.1. The van der Waals surface area contributed by atoms with Gasteiger partial charge in [-0.25, -0.2) is 8.42 Å². The Morgan fingerprint density at radius 3 is 2.13 bits per heavy atom. The largest absolute Gasteiger partial charge is 0.497 e. The molecule has 1 amide bonds. The second-order valence-electron chi connectivity index (χ2n) is 6.88. The summed E-state index contributed by atoms with van der Waals surface area (Å²) in [5.74, 6) is 1.34. The van der Waals surface area contributed by atoms with Crippen LogP contribution in [0.2, 0.25) is 0 Å². The van der Waals surface area contributed by atoms with E-state index in [9.17, 15) is 13.2 Å². The van der Waals surface area contributed by atoms with E-state index in [4.69, 9.17) is 13.9 Å². The molecule has 8 heteroatoms. The van der Waals surface area contributed by atoms with Crippen LogP contribution in [0.1, 0.15) is 23.0 Å². The van der Waals surface area contributed by atoms with E-state index in [1.165, 1.54) is 25.5 Å². The normalized spacial score (nSPS) is 12.2. The van der Waals surface area contributed by atoms with Crippen LogP contribution in [0.3, 0.4) is 0 Å². The quantitative estimate of drug-likeness (QED) is 0.515. The molecule has 0 bridgehead atoms. The molecule has 1 N–H and O–H groups in total. The van der Waals surface area contributed by atoms with Crippen molar-refractivity contribution < 1.29 is 27.1 Å². The average molecular weight is 444 g/mol. The number of nitrogens with one attached hydrogen (secondary N) is 1. The maximum absolute atomic E-state index is 13.2. The Morgan fingerprint density at radius 2 is 1.58 bits per heavy atom. The highest BCUT2D eigenvalue weighted by Gasteiger charge is 2.31. The van der Waals surface area contributed by atoms with Crippen molar-refractivity contribution in [3.05, 3.63) is 78.3 Å². The van der Waals surface area contributed by atoms with Crippen molar-refractivity contribution in [3.63, 3.8) is 0 Å². The summed E-state index contributed by atoms with van der Waals surface area (Å²) in [6.07, 6.45) is 2.18. The zero-order valence-electron chi connectivity index (χ0n) is 17.4. The molecule has 0 aliphatic rings. The molecule has 0 saturated carbocycles. The monoisotopic (exact) mass is 443 g/mol. The number of furan rings is 1. The number of benzene rings is 2. The Bertz CT molecular complexity index is 1070. The number of methoxy groups -OCH3 is 2. The Kier molecular flexibility index (Phi) is 7.36. The molecule has 2 aromatic carbocycles. The summed E-state index contributed by atoms with van der Waals surface area (Å²) in [5.41, 5.74) is 0.990. The number of carbonyl (C=O) groups excluding carboxylic acids is 1. The minimum absolute atomic E-state index is 0.0939. The van der Waals surface area contributed by atoms with Crippen molar-refractivity contribution >= 4 is 15.7 Å². The number of aryl methyl sites for hydroxylation is 1. The summed E-state index contributed by atoms with van der Waals surface area (Å²) in [4.78, 5) is 12.5. The van der Waals surface area contributed by atoms with Crippen molar-refractivity contribution in [2.24, 2.45) is 0 Å². The highest BCUT2D eigenvalue weighted by atomic mass is 32.2. The zero-order valence-corrected chi connectivity index (χ0v) is 18.2. The van der Waals surface area contributed by atoms with E-state index in [0.717, 1.165) is 11.3 Å². The van der Waals surface area contributed by atoms with Crippen LogP contribution in [0.25, 0.3) is 0 Å². The van der Waals surface area contributed by atoms with Crippen LogP contribution in [0.5, 0.6) is 11.5 Å². The standard InChI is InChI=1S/C23H25NO6S/c1-28-18-8-5-17(6-9-18)7-14-23(25)24-16-22(21-4-3-15-30-21)31(26,27)20-12-10-19(29-2)11-13-20/h3-6,8-13,15,22H,7,14,16H2,1-2H3,(H,24,25). The van der Waals surface area contributed by atoms with Crippen LogP contribution in [0.4, 0.5) is 0 Å². The van der Waals surface area contributed by atoms with Gasteiger partial charge >= 0.3 is 0 Å². The zero-order chi connectivity index (χ0) is 22.3. The first-order valence-corrected chi connectivity index (χ1v) is 11.3. The summed E-state index contributed by atoms with van der Waals surface area (Å²) in [6.45, 7) is -0.0939. The van der Waals surface area contributed by atoms with Gasteiger partial charge in [-0.1, -0.05) is 12.1 Å². The fourth-order valence-corrected chi connectivity index (χ4v) is 4.70. The molecule has 3 aromatic rings. The first-order valence-electron chi connectivity index (χ1n) is 9.75. The van der Waals surface area contributed by atoms with E-state index in [1.807, 2.05) is 24.3 Å². The third-order valence-corrected chi connectivity index (χ3v) is 6.98. The van der Waals surface area contributed by atoms with Crippen LogP contribution >= 0.6 is 0 Å². The third-order valence-electron chi connectivity index (χ3n) is 4.91. The van der Waals surface area contributed by atoms with Crippen molar-refractivity contribution in [1.29, 1.82) is 0 Å². The third kappa shape index (κ3) is 5.67. The first-order chi connectivity index (χ1) is 14.9. The molecule has 0 aliphatic heterocycles. The number of ether oxygens (including phenoxy) is 2. The second-order valence-corrected chi connectivity index (χ2v) is 9.01. The van der Waals surface area contributed by atoms with Crippen molar-refractivity contribution in [1.82, 2.24) is 5.32 Å². The number of amides is 1. The summed E-state index contributed by atoms with van der Waals surface area (Å²) in [7, 11) is -0.692. The van der Waals surface area contributed by atoms with Gasteiger partial charge in [0, 0.05) is 13.0 Å². The van der Waals surface area contributed by atoms with Gasteiger partial charge in [-0.3, -0.25) is 4.79 Å². The molecule has 0 aliphatic carbocycles. The molecule has 1 heterocycles. The number of carbonyl (C=O) groups is 1. The van der Waals surface area contributed by atoms with Gasteiger partial charge in [-0.05, 0) is 60.5 Å². The SMILES string of the molecule is COc1ccc(CCC(=O)NCC(c2ccco2)S(=O)(=O)c2ccc(OC)cc2)cc1. The fraction of sp³-hybridized carbons (Fsp3) is 0.261. The van der Waals surface area contributed by atoms with Crippen LogP contribution < -0.4 is 14.8 Å². The molecule has 0 fully saturated rings. The molecular formula is C23H25NO6S. The Labute approximate surface area is 181 Å². The number of sulfone groups is 1. The molecule has 0 radical (unpaired) electrons. The predicted octanol–water partition coefficient (Wildman–Crippen LogP) is 3.56. The first kappa shape index (κ1) is 22.4. The molecule has 164 valence electrons. The van der Waals surface area contributed by atoms with Crippen LogP contribution in [0, 0.1) is 0 Å².